The summed E-state index contributed by atoms with van der Waals surface area (Å²) in [6, 6.07) is 13.2. The van der Waals surface area contributed by atoms with Gasteiger partial charge in [-0.2, -0.15) is 0 Å². The lowest BCUT2D eigenvalue weighted by Gasteiger charge is -2.07. The van der Waals surface area contributed by atoms with Crippen LogP contribution in [0.2, 0.25) is 0 Å². The van der Waals surface area contributed by atoms with Gasteiger partial charge in [0.2, 0.25) is 5.91 Å². The number of thiophene rings is 1. The average molecular weight is 317 g/mol. The maximum absolute atomic E-state index is 11.8. The maximum atomic E-state index is 11.8. The molecule has 0 radical (unpaired) electrons. The molecule has 0 bridgehead atoms. The summed E-state index contributed by atoms with van der Waals surface area (Å²) in [5.74, 6) is 0.762. The van der Waals surface area contributed by atoms with E-state index in [1.165, 1.54) is 11.3 Å². The Morgan fingerprint density at radius 1 is 1.05 bits per heavy atom. The Balaban J connectivity index is 1.53. The fourth-order valence-electron chi connectivity index (χ4n) is 1.88. The van der Waals surface area contributed by atoms with Crippen LogP contribution in [0.1, 0.15) is 28.9 Å². The zero-order chi connectivity index (χ0) is 15.6. The van der Waals surface area contributed by atoms with E-state index in [0.717, 1.165) is 12.2 Å². The molecule has 0 saturated heterocycles. The van der Waals surface area contributed by atoms with Crippen molar-refractivity contribution in [1.29, 1.82) is 0 Å². The molecular formula is C17H19NO3S. The van der Waals surface area contributed by atoms with Gasteiger partial charge in [0.1, 0.15) is 5.75 Å². The summed E-state index contributed by atoms with van der Waals surface area (Å²) >= 11 is 1.41. The van der Waals surface area contributed by atoms with Crippen molar-refractivity contribution in [2.45, 2.75) is 19.3 Å². The first kappa shape index (κ1) is 16.2. The highest BCUT2D eigenvalue weighted by Gasteiger charge is 2.09. The number of hydrogen-bond donors (Lipinski definition) is 1. The van der Waals surface area contributed by atoms with Crippen LogP contribution >= 0.6 is 11.3 Å². The number of nitrogens with one attached hydrogen (secondary N) is 1. The Bertz CT molecular complexity index is 581. The van der Waals surface area contributed by atoms with E-state index < -0.39 is 0 Å². The first-order chi connectivity index (χ1) is 10.8. The van der Waals surface area contributed by atoms with Crippen LogP contribution in [0.15, 0.2) is 47.8 Å². The number of carbonyl (C=O) groups is 2. The maximum Gasteiger partial charge on any atom is 0.220 e. The molecule has 1 aromatic heterocycles. The van der Waals surface area contributed by atoms with Crippen LogP contribution in [0.25, 0.3) is 0 Å². The van der Waals surface area contributed by atoms with Gasteiger partial charge in [0.05, 0.1) is 11.5 Å². The summed E-state index contributed by atoms with van der Waals surface area (Å²) in [6.07, 6.45) is 1.22. The fraction of sp³-hybridized carbons (Fsp3) is 0.294. The minimum Gasteiger partial charge on any atom is -0.494 e. The number of carbonyl (C=O) groups excluding carboxylic acids is 2. The second kappa shape index (κ2) is 9.00. The third kappa shape index (κ3) is 5.69. The Morgan fingerprint density at radius 2 is 1.86 bits per heavy atom. The lowest BCUT2D eigenvalue weighted by atomic mass is 10.2. The van der Waals surface area contributed by atoms with Crippen molar-refractivity contribution in [3.05, 3.63) is 52.7 Å². The molecule has 5 heteroatoms. The summed E-state index contributed by atoms with van der Waals surface area (Å²) < 4.78 is 5.53. The van der Waals surface area contributed by atoms with Crippen LogP contribution in [0.4, 0.5) is 0 Å². The number of amides is 1. The van der Waals surface area contributed by atoms with E-state index in [2.05, 4.69) is 5.32 Å². The molecule has 1 N–H and O–H groups in total. The van der Waals surface area contributed by atoms with Crippen molar-refractivity contribution in [3.8, 4) is 5.75 Å². The Kier molecular flexibility index (Phi) is 6.64. The third-order valence-corrected chi connectivity index (χ3v) is 3.94. The second-order valence-corrected chi connectivity index (χ2v) is 5.71. The number of hydrogen-bond acceptors (Lipinski definition) is 4. The van der Waals surface area contributed by atoms with Gasteiger partial charge >= 0.3 is 0 Å². The largest absolute Gasteiger partial charge is 0.494 e. The van der Waals surface area contributed by atoms with E-state index in [9.17, 15) is 9.59 Å². The minimum absolute atomic E-state index is 0.0255. The fourth-order valence-corrected chi connectivity index (χ4v) is 2.58. The topological polar surface area (TPSA) is 55.4 Å². The molecule has 0 aliphatic carbocycles. The quantitative estimate of drug-likeness (QED) is 0.570. The van der Waals surface area contributed by atoms with E-state index in [-0.39, 0.29) is 24.5 Å². The minimum atomic E-state index is -0.0929. The van der Waals surface area contributed by atoms with Gasteiger partial charge in [0.25, 0.3) is 0 Å². The highest BCUT2D eigenvalue weighted by molar-refractivity contribution is 7.12. The molecular weight excluding hydrogens is 298 g/mol. The predicted molar refractivity (Wildman–Crippen MR) is 87.4 cm³/mol. The first-order valence-electron chi connectivity index (χ1n) is 7.27. The molecule has 0 spiro atoms. The average Bonchev–Trinajstić information content (AvgIpc) is 3.08. The highest BCUT2D eigenvalue weighted by Crippen LogP contribution is 2.12. The van der Waals surface area contributed by atoms with Gasteiger partial charge in [-0.15, -0.1) is 11.3 Å². The molecule has 22 heavy (non-hydrogen) atoms. The van der Waals surface area contributed by atoms with Crippen molar-refractivity contribution in [2.24, 2.45) is 0 Å². The number of rotatable bonds is 9. The van der Waals surface area contributed by atoms with Gasteiger partial charge in [0.15, 0.2) is 5.78 Å². The summed E-state index contributed by atoms with van der Waals surface area (Å²) in [4.78, 5) is 24.1. The molecule has 116 valence electrons. The van der Waals surface area contributed by atoms with Crippen molar-refractivity contribution in [2.75, 3.05) is 13.2 Å². The van der Waals surface area contributed by atoms with Gasteiger partial charge in [-0.25, -0.2) is 0 Å². The van der Waals surface area contributed by atoms with Crippen molar-refractivity contribution >= 4 is 23.0 Å². The molecule has 0 aliphatic heterocycles. The predicted octanol–water partition coefficient (Wildman–Crippen LogP) is 3.30. The molecule has 4 nitrogen and oxygen atoms in total. The zero-order valence-corrected chi connectivity index (χ0v) is 13.1. The van der Waals surface area contributed by atoms with E-state index in [0.29, 0.717) is 18.0 Å². The zero-order valence-electron chi connectivity index (χ0n) is 12.3. The monoisotopic (exact) mass is 317 g/mol. The van der Waals surface area contributed by atoms with E-state index in [4.69, 9.17) is 4.74 Å². The van der Waals surface area contributed by atoms with Gasteiger partial charge in [-0.05, 0) is 30.0 Å². The summed E-state index contributed by atoms with van der Waals surface area (Å²) in [6.45, 7) is 1.11. The molecule has 0 fully saturated rings. The summed E-state index contributed by atoms with van der Waals surface area (Å²) in [7, 11) is 0. The number of Topliss-reactive ketones (excluding diaryl/α,β-unsaturated/α-hetero) is 1. The Morgan fingerprint density at radius 3 is 2.59 bits per heavy atom. The van der Waals surface area contributed by atoms with Crippen LogP contribution in [0.3, 0.4) is 0 Å². The molecule has 1 heterocycles. The normalized spacial score (nSPS) is 10.2. The summed E-state index contributed by atoms with van der Waals surface area (Å²) in [5, 5.41) is 4.66. The Hall–Kier alpha value is -2.14. The molecule has 2 rings (SSSR count). The third-order valence-electron chi connectivity index (χ3n) is 3.03. The number of ether oxygens (including phenoxy) is 1. The van der Waals surface area contributed by atoms with E-state index in [1.807, 2.05) is 41.8 Å². The molecule has 1 aromatic carbocycles. The highest BCUT2D eigenvalue weighted by atomic mass is 32.1. The van der Waals surface area contributed by atoms with Crippen LogP contribution in [0.5, 0.6) is 5.75 Å². The lowest BCUT2D eigenvalue weighted by molar-refractivity contribution is -0.121. The van der Waals surface area contributed by atoms with Crippen LogP contribution < -0.4 is 10.1 Å². The first-order valence-corrected chi connectivity index (χ1v) is 8.15. The molecule has 0 aliphatic rings. The molecule has 2 aromatic rings. The van der Waals surface area contributed by atoms with Crippen LogP contribution in [-0.2, 0) is 4.79 Å². The van der Waals surface area contributed by atoms with Gasteiger partial charge in [-0.1, -0.05) is 24.3 Å². The number of para-hydroxylation sites is 1. The van der Waals surface area contributed by atoms with Crippen LogP contribution in [-0.4, -0.2) is 24.8 Å². The molecule has 0 atom stereocenters. The van der Waals surface area contributed by atoms with E-state index in [1.54, 1.807) is 6.07 Å². The smallest absolute Gasteiger partial charge is 0.220 e. The Labute approximate surface area is 134 Å². The number of benzene rings is 1. The van der Waals surface area contributed by atoms with Crippen LogP contribution in [0, 0.1) is 0 Å². The molecule has 1 amide bonds. The lowest BCUT2D eigenvalue weighted by Crippen LogP contribution is -2.25. The van der Waals surface area contributed by atoms with Crippen molar-refractivity contribution < 1.29 is 14.3 Å². The molecule has 0 unspecified atom stereocenters. The van der Waals surface area contributed by atoms with Crippen molar-refractivity contribution in [3.63, 3.8) is 0 Å². The van der Waals surface area contributed by atoms with Gasteiger partial charge in [-0.3, -0.25) is 9.59 Å². The second-order valence-electron chi connectivity index (χ2n) is 4.77. The van der Waals surface area contributed by atoms with Gasteiger partial charge in [0, 0.05) is 19.4 Å². The standard InChI is InChI=1S/C17H19NO3S/c19-15(16-8-4-13-22-16)9-10-17(20)18-11-5-12-21-14-6-2-1-3-7-14/h1-4,6-8,13H,5,9-12H2,(H,18,20). The van der Waals surface area contributed by atoms with E-state index >= 15 is 0 Å². The molecule has 0 saturated carbocycles. The van der Waals surface area contributed by atoms with Crippen molar-refractivity contribution in [1.82, 2.24) is 5.32 Å². The number of ketones is 1. The SMILES string of the molecule is O=C(CCC(=O)c1cccs1)NCCCOc1ccccc1. The summed E-state index contributed by atoms with van der Waals surface area (Å²) in [5.41, 5.74) is 0. The van der Waals surface area contributed by atoms with Gasteiger partial charge < -0.3 is 10.1 Å².